The average Bonchev–Trinajstić information content (AvgIpc) is 2.41. The van der Waals surface area contributed by atoms with Gasteiger partial charge in [0, 0.05) is 18.6 Å². The van der Waals surface area contributed by atoms with E-state index in [4.69, 9.17) is 17.3 Å². The van der Waals surface area contributed by atoms with Crippen molar-refractivity contribution in [1.82, 2.24) is 0 Å². The summed E-state index contributed by atoms with van der Waals surface area (Å²) in [6.45, 7) is 0.423. The maximum Gasteiger partial charge on any atom is 0.340 e. The summed E-state index contributed by atoms with van der Waals surface area (Å²) in [6, 6.07) is 9.78. The third kappa shape index (κ3) is 3.25. The van der Waals surface area contributed by atoms with Crippen LogP contribution in [-0.2, 0) is 6.54 Å². The molecule has 3 N–H and O–H groups in total. The van der Waals surface area contributed by atoms with Crippen LogP contribution in [0.3, 0.4) is 0 Å². The van der Waals surface area contributed by atoms with Crippen molar-refractivity contribution < 1.29 is 14.3 Å². The van der Waals surface area contributed by atoms with Gasteiger partial charge in [0.15, 0.2) is 0 Å². The first-order chi connectivity index (χ1) is 9.90. The van der Waals surface area contributed by atoms with Crippen LogP contribution in [0.5, 0.6) is 0 Å². The molecule has 0 heterocycles. The molecule has 2 aromatic carbocycles. The van der Waals surface area contributed by atoms with E-state index in [0.717, 1.165) is 11.6 Å². The van der Waals surface area contributed by atoms with Crippen LogP contribution in [0.25, 0.3) is 0 Å². The molecule has 0 saturated heterocycles. The van der Waals surface area contributed by atoms with Crippen LogP contribution >= 0.6 is 11.6 Å². The topological polar surface area (TPSA) is 66.6 Å². The van der Waals surface area contributed by atoms with Crippen molar-refractivity contribution in [1.29, 1.82) is 0 Å². The largest absolute Gasteiger partial charge is 0.478 e. The summed E-state index contributed by atoms with van der Waals surface area (Å²) in [4.78, 5) is 13.0. The third-order valence-electron chi connectivity index (χ3n) is 3.10. The highest BCUT2D eigenvalue weighted by Crippen LogP contribution is 2.28. The first-order valence-electron chi connectivity index (χ1n) is 6.17. The zero-order valence-corrected chi connectivity index (χ0v) is 12.1. The predicted octanol–water partition coefficient (Wildman–Crippen LogP) is 3.40. The molecule has 0 spiro atoms. The molecule has 0 aliphatic carbocycles. The third-order valence-corrected chi connectivity index (χ3v) is 3.34. The zero-order valence-electron chi connectivity index (χ0n) is 11.3. The van der Waals surface area contributed by atoms with Crippen molar-refractivity contribution in [3.63, 3.8) is 0 Å². The van der Waals surface area contributed by atoms with Crippen molar-refractivity contribution in [3.8, 4) is 0 Å². The minimum Gasteiger partial charge on any atom is -0.478 e. The first-order valence-corrected chi connectivity index (χ1v) is 6.54. The van der Waals surface area contributed by atoms with Crippen LogP contribution in [0, 0.1) is 5.82 Å². The Labute approximate surface area is 126 Å². The van der Waals surface area contributed by atoms with Gasteiger partial charge in [0.05, 0.1) is 11.4 Å². The Morgan fingerprint density at radius 2 is 2.10 bits per heavy atom. The van der Waals surface area contributed by atoms with Crippen molar-refractivity contribution in [2.75, 3.05) is 17.7 Å². The number of carboxylic acids is 1. The fourth-order valence-corrected chi connectivity index (χ4v) is 2.33. The van der Waals surface area contributed by atoms with Gasteiger partial charge in [0.1, 0.15) is 11.4 Å². The molecule has 0 aromatic heterocycles. The van der Waals surface area contributed by atoms with Crippen LogP contribution in [-0.4, -0.2) is 18.1 Å². The van der Waals surface area contributed by atoms with Gasteiger partial charge in [-0.15, -0.1) is 0 Å². The number of aromatic carboxylic acids is 1. The molecule has 0 fully saturated rings. The number of rotatable bonds is 4. The summed E-state index contributed by atoms with van der Waals surface area (Å²) in [5.74, 6) is -2.01. The number of nitrogen functional groups attached to an aromatic ring is 1. The maximum atomic E-state index is 13.4. The Morgan fingerprint density at radius 1 is 1.38 bits per heavy atom. The number of nitrogens with zero attached hydrogens (tertiary/aromatic N) is 1. The van der Waals surface area contributed by atoms with Crippen molar-refractivity contribution in [2.24, 2.45) is 0 Å². The monoisotopic (exact) mass is 308 g/mol. The molecule has 4 nitrogen and oxygen atoms in total. The number of hydrogen-bond donors (Lipinski definition) is 2. The number of nitrogens with two attached hydrogens (primary N) is 1. The molecule has 110 valence electrons. The van der Waals surface area contributed by atoms with E-state index >= 15 is 0 Å². The maximum absolute atomic E-state index is 13.4. The highest BCUT2D eigenvalue weighted by molar-refractivity contribution is 6.30. The van der Waals surface area contributed by atoms with Crippen LogP contribution in [0.4, 0.5) is 15.8 Å². The molecule has 6 heteroatoms. The lowest BCUT2D eigenvalue weighted by Gasteiger charge is -2.22. The lowest BCUT2D eigenvalue weighted by Crippen LogP contribution is -2.20. The molecule has 0 amide bonds. The Hall–Kier alpha value is -2.27. The van der Waals surface area contributed by atoms with Crippen molar-refractivity contribution in [2.45, 2.75) is 6.54 Å². The second kappa shape index (κ2) is 6.01. The fraction of sp³-hybridized carbons (Fsp3) is 0.133. The molecule has 0 saturated carbocycles. The second-order valence-corrected chi connectivity index (χ2v) is 5.08. The van der Waals surface area contributed by atoms with Gasteiger partial charge in [-0.05, 0) is 29.8 Å². The molecule has 0 radical (unpaired) electrons. The number of carbonyl (C=O) groups is 1. The number of carboxylic acid groups (broad SMARTS) is 1. The summed E-state index contributed by atoms with van der Waals surface area (Å²) in [7, 11) is 1.71. The summed E-state index contributed by atoms with van der Waals surface area (Å²) >= 11 is 5.92. The van der Waals surface area contributed by atoms with E-state index in [1.807, 2.05) is 12.1 Å². The summed E-state index contributed by atoms with van der Waals surface area (Å²) in [6.07, 6.45) is 0. The Kier molecular flexibility index (Phi) is 4.33. The van der Waals surface area contributed by atoms with E-state index in [0.29, 0.717) is 17.3 Å². The van der Waals surface area contributed by atoms with Gasteiger partial charge in [-0.25, -0.2) is 9.18 Å². The molecule has 0 aliphatic heterocycles. The van der Waals surface area contributed by atoms with Crippen LogP contribution in [0.1, 0.15) is 15.9 Å². The summed E-state index contributed by atoms with van der Waals surface area (Å²) in [5, 5.41) is 9.83. The Balaban J connectivity index is 2.37. The lowest BCUT2D eigenvalue weighted by atomic mass is 10.1. The van der Waals surface area contributed by atoms with Gasteiger partial charge in [-0.1, -0.05) is 23.7 Å². The normalized spacial score (nSPS) is 10.4. The van der Waals surface area contributed by atoms with Gasteiger partial charge in [-0.2, -0.15) is 0 Å². The smallest absolute Gasteiger partial charge is 0.340 e. The number of benzene rings is 2. The number of hydrogen-bond acceptors (Lipinski definition) is 3. The highest BCUT2D eigenvalue weighted by atomic mass is 35.5. The van der Waals surface area contributed by atoms with E-state index in [-0.39, 0.29) is 11.3 Å². The van der Waals surface area contributed by atoms with E-state index in [2.05, 4.69) is 0 Å². The molecule has 0 bridgehead atoms. The van der Waals surface area contributed by atoms with Gasteiger partial charge < -0.3 is 15.7 Å². The molecule has 0 atom stereocenters. The van der Waals surface area contributed by atoms with Gasteiger partial charge in [0.2, 0.25) is 0 Å². The molecule has 2 aromatic rings. The molecular formula is C15H14ClFN2O2. The quantitative estimate of drug-likeness (QED) is 0.850. The summed E-state index contributed by atoms with van der Waals surface area (Å²) < 4.78 is 13.4. The molecular weight excluding hydrogens is 295 g/mol. The number of anilines is 2. The minimum atomic E-state index is -1.26. The van der Waals surface area contributed by atoms with Gasteiger partial charge in [-0.3, -0.25) is 0 Å². The first kappa shape index (κ1) is 15.1. The average molecular weight is 309 g/mol. The standard InChI is InChI=1S/C15H14ClFN2O2/c1-19(8-9-3-2-4-10(16)7-9)12-6-5-11(17)14(18)13(12)15(20)21/h2-7H,8,18H2,1H3,(H,20,21). The highest BCUT2D eigenvalue weighted by Gasteiger charge is 2.20. The second-order valence-electron chi connectivity index (χ2n) is 4.65. The van der Waals surface area contributed by atoms with E-state index in [1.54, 1.807) is 24.1 Å². The van der Waals surface area contributed by atoms with Crippen molar-refractivity contribution in [3.05, 3.63) is 58.4 Å². The predicted molar refractivity (Wildman–Crippen MR) is 81.3 cm³/mol. The van der Waals surface area contributed by atoms with Crippen LogP contribution < -0.4 is 10.6 Å². The van der Waals surface area contributed by atoms with E-state index < -0.39 is 11.8 Å². The van der Waals surface area contributed by atoms with E-state index in [1.165, 1.54) is 6.07 Å². The lowest BCUT2D eigenvalue weighted by molar-refractivity contribution is 0.0698. The van der Waals surface area contributed by atoms with Crippen LogP contribution in [0.2, 0.25) is 5.02 Å². The molecule has 0 unspecified atom stereocenters. The SMILES string of the molecule is CN(Cc1cccc(Cl)c1)c1ccc(F)c(N)c1C(=O)O. The Morgan fingerprint density at radius 3 is 2.71 bits per heavy atom. The van der Waals surface area contributed by atoms with Gasteiger partial charge in [0.25, 0.3) is 0 Å². The molecule has 0 aliphatic rings. The zero-order chi connectivity index (χ0) is 15.6. The fourth-order valence-electron chi connectivity index (χ4n) is 2.12. The Bertz CT molecular complexity index is 691. The van der Waals surface area contributed by atoms with E-state index in [9.17, 15) is 14.3 Å². The summed E-state index contributed by atoms with van der Waals surface area (Å²) in [5.41, 5.74) is 6.19. The molecule has 2 rings (SSSR count). The minimum absolute atomic E-state index is 0.237. The van der Waals surface area contributed by atoms with Gasteiger partial charge >= 0.3 is 5.97 Å². The number of halogens is 2. The van der Waals surface area contributed by atoms with Crippen LogP contribution in [0.15, 0.2) is 36.4 Å². The van der Waals surface area contributed by atoms with Crippen molar-refractivity contribution >= 4 is 28.9 Å². The molecule has 21 heavy (non-hydrogen) atoms.